The first-order valence-corrected chi connectivity index (χ1v) is 4.47. The van der Waals surface area contributed by atoms with Gasteiger partial charge in [-0.2, -0.15) is 10.4 Å². The van der Waals surface area contributed by atoms with Gasteiger partial charge in [0.2, 0.25) is 3.79 Å². The number of hydrogen-bond donors (Lipinski definition) is 1. The number of hydrogen-bond acceptors (Lipinski definition) is 2. The van der Waals surface area contributed by atoms with Crippen molar-refractivity contribution in [2.75, 3.05) is 6.61 Å². The van der Waals surface area contributed by atoms with Gasteiger partial charge in [-0.15, -0.1) is 0 Å². The molecule has 1 unspecified atom stereocenters. The quantitative estimate of drug-likeness (QED) is 0.444. The number of rotatable bonds is 3. The maximum Gasteiger partial charge on any atom is 0.507 e. The van der Waals surface area contributed by atoms with Crippen molar-refractivity contribution in [3.05, 3.63) is 0 Å². The van der Waals surface area contributed by atoms with Gasteiger partial charge in [-0.05, 0) is 0 Å². The highest BCUT2D eigenvalue weighted by molar-refractivity contribution is 7.40. The number of quaternary nitrogens is 1. The normalized spacial score (nSPS) is 15.3. The van der Waals surface area contributed by atoms with Crippen LogP contribution in [0.1, 0.15) is 0 Å². The zero-order valence-electron chi connectivity index (χ0n) is 4.77. The molecule has 0 aliphatic heterocycles. The molecular weight excluding hydrogens is 223 g/mol. The Balaban J connectivity index is 3.36. The number of halogens is 3. The second-order valence-corrected chi connectivity index (χ2v) is 4.89. The molecule has 4 nitrogen and oxygen atoms in total. The highest BCUT2D eigenvalue weighted by atomic mass is 35.6. The Morgan fingerprint density at radius 3 is 2.30 bits per heavy atom. The lowest BCUT2D eigenvalue weighted by molar-refractivity contribution is -0.640. The molecule has 10 heavy (non-hydrogen) atoms. The summed E-state index contributed by atoms with van der Waals surface area (Å²) >= 11 is 15.7. The Morgan fingerprint density at radius 2 is 2.00 bits per heavy atom. The zero-order valence-corrected chi connectivity index (χ0v) is 8.04. The lowest BCUT2D eigenvalue weighted by atomic mass is 10.9. The Morgan fingerprint density at radius 1 is 1.50 bits per heavy atom. The van der Waals surface area contributed by atoms with Gasteiger partial charge in [0, 0.05) is 9.52 Å². The summed E-state index contributed by atoms with van der Waals surface area (Å²) in [7, 11) is -2.58. The highest BCUT2D eigenvalue weighted by Crippen LogP contribution is 2.36. The molecule has 0 saturated heterocycles. The van der Waals surface area contributed by atoms with Crippen molar-refractivity contribution in [1.29, 1.82) is 0 Å². The fourth-order valence-corrected chi connectivity index (χ4v) is 1.04. The fraction of sp³-hybridized carbons (Fsp3) is 1.00. The summed E-state index contributed by atoms with van der Waals surface area (Å²) in [4.78, 5) is 10.4. The standard InChI is InChI=1S/C2H6Cl3NO3P/c3-2(4,5)1-8-10(7)9-6/h10H,1H2,6H3/q+2. The van der Waals surface area contributed by atoms with Gasteiger partial charge >= 0.3 is 8.60 Å². The molecule has 0 fully saturated rings. The van der Waals surface area contributed by atoms with Gasteiger partial charge in [-0.3, -0.25) is 0 Å². The molecule has 1 atom stereocenters. The number of alkyl halides is 3. The summed E-state index contributed by atoms with van der Waals surface area (Å²) in [6, 6.07) is 0. The molecule has 0 amide bonds. The van der Waals surface area contributed by atoms with Crippen molar-refractivity contribution in [3.8, 4) is 0 Å². The predicted molar refractivity (Wildman–Crippen MR) is 39.2 cm³/mol. The van der Waals surface area contributed by atoms with E-state index in [-0.39, 0.29) is 6.61 Å². The van der Waals surface area contributed by atoms with Crippen LogP contribution in [0.2, 0.25) is 0 Å². The second-order valence-electron chi connectivity index (χ2n) is 1.30. The molecule has 3 N–H and O–H groups in total. The third-order valence-electron chi connectivity index (χ3n) is 0.472. The van der Waals surface area contributed by atoms with E-state index in [0.717, 1.165) is 0 Å². The van der Waals surface area contributed by atoms with Gasteiger partial charge in [0.1, 0.15) is 6.61 Å². The lowest BCUT2D eigenvalue weighted by Crippen LogP contribution is -2.46. The van der Waals surface area contributed by atoms with Crippen molar-refractivity contribution >= 4 is 43.4 Å². The topological polar surface area (TPSA) is 66.0 Å². The molecular formula is C2H6Cl3NO3P+2. The summed E-state index contributed by atoms with van der Waals surface area (Å²) in [5.41, 5.74) is 0. The van der Waals surface area contributed by atoms with Crippen LogP contribution >= 0.6 is 43.4 Å². The van der Waals surface area contributed by atoms with Gasteiger partial charge in [0.25, 0.3) is 0 Å². The van der Waals surface area contributed by atoms with E-state index in [9.17, 15) is 4.89 Å². The summed E-state index contributed by atoms with van der Waals surface area (Å²) in [6.07, 6.45) is 0. The van der Waals surface area contributed by atoms with E-state index in [4.69, 9.17) is 34.8 Å². The molecule has 61 valence electrons. The van der Waals surface area contributed by atoms with Crippen molar-refractivity contribution in [3.63, 3.8) is 0 Å². The minimum atomic E-state index is -2.58. The molecule has 0 aromatic rings. The van der Waals surface area contributed by atoms with Gasteiger partial charge < -0.3 is 0 Å². The minimum absolute atomic E-state index is 0.273. The Kier molecular flexibility index (Phi) is 5.47. The van der Waals surface area contributed by atoms with Crippen LogP contribution in [-0.2, 0) is 14.0 Å². The average molecular weight is 229 g/mol. The molecule has 0 aliphatic carbocycles. The van der Waals surface area contributed by atoms with E-state index in [1.807, 2.05) is 0 Å². The van der Waals surface area contributed by atoms with E-state index in [0.29, 0.717) is 0 Å². The van der Waals surface area contributed by atoms with Crippen molar-refractivity contribution in [2.24, 2.45) is 0 Å². The summed E-state index contributed by atoms with van der Waals surface area (Å²) in [6.45, 7) is -0.273. The second kappa shape index (κ2) is 4.91. The SMILES string of the molecule is [NH3+]O[PH+]([O])OCC(Cl)(Cl)Cl. The summed E-state index contributed by atoms with van der Waals surface area (Å²) < 4.78 is 6.91. The van der Waals surface area contributed by atoms with Crippen molar-refractivity contribution in [2.45, 2.75) is 3.79 Å². The largest absolute Gasteiger partial charge is 0.507 e. The predicted octanol–water partition coefficient (Wildman–Crippen LogP) is 0.936. The van der Waals surface area contributed by atoms with Crippen molar-refractivity contribution < 1.29 is 19.9 Å². The summed E-state index contributed by atoms with van der Waals surface area (Å²) in [5.74, 6) is 2.86. The smallest absolute Gasteiger partial charge is 0.168 e. The molecule has 8 heteroatoms. The fourth-order valence-electron chi connectivity index (χ4n) is 0.182. The van der Waals surface area contributed by atoms with Crippen LogP contribution in [-0.4, -0.2) is 10.4 Å². The molecule has 0 aromatic heterocycles. The molecule has 0 aromatic carbocycles. The molecule has 1 radical (unpaired) electrons. The van der Waals surface area contributed by atoms with E-state index in [2.05, 4.69) is 15.0 Å². The molecule has 0 bridgehead atoms. The van der Waals surface area contributed by atoms with Crippen LogP contribution < -0.4 is 5.90 Å². The van der Waals surface area contributed by atoms with Gasteiger partial charge in [0.15, 0.2) is 0 Å². The van der Waals surface area contributed by atoms with E-state index in [1.54, 1.807) is 0 Å². The zero-order chi connectivity index (χ0) is 8.20. The van der Waals surface area contributed by atoms with Gasteiger partial charge in [-0.25, -0.2) is 0 Å². The third kappa shape index (κ3) is 7.25. The first-order chi connectivity index (χ1) is 4.45. The molecule has 0 heterocycles. The Bertz CT molecular complexity index is 98.2. The van der Waals surface area contributed by atoms with Crippen LogP contribution in [0.5, 0.6) is 0 Å². The lowest BCUT2D eigenvalue weighted by Gasteiger charge is -2.05. The van der Waals surface area contributed by atoms with Crippen LogP contribution in [0.25, 0.3) is 0 Å². The van der Waals surface area contributed by atoms with E-state index in [1.165, 1.54) is 0 Å². The Hall–Kier alpha value is 1.14. The molecule has 0 spiro atoms. The van der Waals surface area contributed by atoms with Gasteiger partial charge in [-0.1, -0.05) is 34.8 Å². The third-order valence-corrected chi connectivity index (χ3v) is 1.41. The average Bonchev–Trinajstić information content (AvgIpc) is 1.81. The molecule has 0 rings (SSSR count). The maximum atomic E-state index is 10.4. The van der Waals surface area contributed by atoms with E-state index >= 15 is 0 Å². The first-order valence-electron chi connectivity index (χ1n) is 2.11. The Labute approximate surface area is 74.1 Å². The van der Waals surface area contributed by atoms with Crippen LogP contribution in [0.15, 0.2) is 0 Å². The monoisotopic (exact) mass is 228 g/mol. The molecule has 0 saturated carbocycles. The maximum absolute atomic E-state index is 10.4. The van der Waals surface area contributed by atoms with Crippen LogP contribution in [0.4, 0.5) is 0 Å². The highest BCUT2D eigenvalue weighted by Gasteiger charge is 2.28. The van der Waals surface area contributed by atoms with Crippen molar-refractivity contribution in [1.82, 2.24) is 0 Å². The van der Waals surface area contributed by atoms with Crippen LogP contribution in [0, 0.1) is 0 Å². The van der Waals surface area contributed by atoms with Crippen LogP contribution in [0.3, 0.4) is 0 Å². The minimum Gasteiger partial charge on any atom is -0.168 e. The summed E-state index contributed by atoms with van der Waals surface area (Å²) in [5, 5.41) is 0. The molecule has 0 aliphatic rings. The van der Waals surface area contributed by atoms with Gasteiger partial charge in [0.05, 0.1) is 0 Å². The van der Waals surface area contributed by atoms with E-state index < -0.39 is 12.4 Å². The first kappa shape index (κ1) is 11.1.